The summed E-state index contributed by atoms with van der Waals surface area (Å²) in [6.45, 7) is 6.67. The zero-order valence-corrected chi connectivity index (χ0v) is 17.1. The van der Waals surface area contributed by atoms with Gasteiger partial charge in [-0.05, 0) is 30.5 Å². The van der Waals surface area contributed by atoms with Crippen molar-refractivity contribution in [1.29, 1.82) is 0 Å². The van der Waals surface area contributed by atoms with Gasteiger partial charge < -0.3 is 5.32 Å². The van der Waals surface area contributed by atoms with E-state index in [1.54, 1.807) is 11.1 Å². The molecule has 1 N–H and O–H groups in total. The van der Waals surface area contributed by atoms with Crippen LogP contribution in [0.1, 0.15) is 38.7 Å². The van der Waals surface area contributed by atoms with Crippen molar-refractivity contribution in [2.75, 3.05) is 11.9 Å². The average molecular weight is 403 g/mol. The summed E-state index contributed by atoms with van der Waals surface area (Å²) in [5.74, 6) is 0.186. The summed E-state index contributed by atoms with van der Waals surface area (Å²) in [6.07, 6.45) is 1.79. The maximum Gasteiger partial charge on any atom is 0.242 e. The van der Waals surface area contributed by atoms with E-state index in [2.05, 4.69) is 29.1 Å². The quantitative estimate of drug-likeness (QED) is 0.784. The molecule has 0 bridgehead atoms. The van der Waals surface area contributed by atoms with Crippen LogP contribution in [0.25, 0.3) is 0 Å². The second-order valence-corrected chi connectivity index (χ2v) is 8.47. The van der Waals surface area contributed by atoms with Gasteiger partial charge >= 0.3 is 0 Å². The fraction of sp³-hybridized carbons (Fsp3) is 0.368. The minimum Gasteiger partial charge on any atom is -0.326 e. The summed E-state index contributed by atoms with van der Waals surface area (Å²) >= 11 is 2.74. The molecule has 6 nitrogen and oxygen atoms in total. The van der Waals surface area contributed by atoms with Crippen LogP contribution in [0.15, 0.2) is 40.8 Å². The lowest BCUT2D eigenvalue weighted by Crippen LogP contribution is -2.33. The third kappa shape index (κ3) is 4.75. The van der Waals surface area contributed by atoms with Crippen LogP contribution in [-0.2, 0) is 9.59 Å². The first kappa shape index (κ1) is 19.6. The number of hydrogen-bond donors (Lipinski definition) is 1. The molecule has 2 amide bonds. The number of aliphatic imine (C=N–C) groups is 1. The van der Waals surface area contributed by atoms with Crippen LogP contribution in [0.3, 0.4) is 0 Å². The Labute approximate surface area is 167 Å². The van der Waals surface area contributed by atoms with Gasteiger partial charge in [-0.1, -0.05) is 37.7 Å². The number of nitrogens with zero attached hydrogens (tertiary/aromatic N) is 3. The Balaban J connectivity index is 1.64. The maximum absolute atomic E-state index is 12.6. The first-order valence-corrected chi connectivity index (χ1v) is 10.6. The Morgan fingerprint density at radius 3 is 2.67 bits per heavy atom. The molecular formula is C19H22N4O2S2. The molecule has 0 radical (unpaired) electrons. The predicted octanol–water partition coefficient (Wildman–Crippen LogP) is 4.25. The van der Waals surface area contributed by atoms with Gasteiger partial charge in [-0.3, -0.25) is 14.5 Å². The molecule has 1 fully saturated rings. The fourth-order valence-corrected chi connectivity index (χ4v) is 4.47. The van der Waals surface area contributed by atoms with Crippen LogP contribution < -0.4 is 5.32 Å². The third-order valence-electron chi connectivity index (χ3n) is 4.18. The minimum absolute atomic E-state index is 0.0805. The van der Waals surface area contributed by atoms with E-state index in [9.17, 15) is 9.59 Å². The van der Waals surface area contributed by atoms with Gasteiger partial charge in [0.15, 0.2) is 5.17 Å². The molecular weight excluding hydrogens is 380 g/mol. The Bertz CT molecular complexity index is 832. The van der Waals surface area contributed by atoms with Crippen LogP contribution >= 0.6 is 23.1 Å². The lowest BCUT2D eigenvalue weighted by atomic mass is 10.0. The van der Waals surface area contributed by atoms with Gasteiger partial charge in [0.1, 0.15) is 5.25 Å². The van der Waals surface area contributed by atoms with E-state index in [0.717, 1.165) is 5.69 Å². The summed E-state index contributed by atoms with van der Waals surface area (Å²) in [7, 11) is 0. The van der Waals surface area contributed by atoms with Crippen LogP contribution in [0.4, 0.5) is 10.8 Å². The molecule has 2 heterocycles. The molecule has 3 rings (SSSR count). The molecule has 8 heteroatoms. The number of hydrogen-bond acceptors (Lipinski definition) is 6. The zero-order chi connectivity index (χ0) is 19.4. The highest BCUT2D eigenvalue weighted by molar-refractivity contribution is 8.15. The number of amides is 2. The van der Waals surface area contributed by atoms with E-state index in [1.165, 1.54) is 28.7 Å². The van der Waals surface area contributed by atoms with Gasteiger partial charge in [0.25, 0.3) is 0 Å². The Morgan fingerprint density at radius 2 is 2.07 bits per heavy atom. The van der Waals surface area contributed by atoms with Gasteiger partial charge in [-0.2, -0.15) is 4.99 Å². The Morgan fingerprint density at radius 1 is 1.33 bits per heavy atom. The predicted molar refractivity (Wildman–Crippen MR) is 112 cm³/mol. The molecule has 1 saturated heterocycles. The number of nitrogens with one attached hydrogen (secondary N) is 1. The molecule has 0 saturated carbocycles. The second kappa shape index (κ2) is 8.67. The lowest BCUT2D eigenvalue weighted by Gasteiger charge is -2.13. The largest absolute Gasteiger partial charge is 0.326 e. The number of carbonyl (C=O) groups is 2. The van der Waals surface area contributed by atoms with Crippen molar-refractivity contribution >= 4 is 50.9 Å². The highest BCUT2D eigenvalue weighted by Gasteiger charge is 2.38. The van der Waals surface area contributed by atoms with Crippen molar-refractivity contribution in [1.82, 2.24) is 9.88 Å². The molecule has 1 aromatic heterocycles. The van der Waals surface area contributed by atoms with Gasteiger partial charge in [-0.25, -0.2) is 4.98 Å². The summed E-state index contributed by atoms with van der Waals surface area (Å²) < 4.78 is 0. The first-order valence-electron chi connectivity index (χ1n) is 8.84. The van der Waals surface area contributed by atoms with E-state index in [1.807, 2.05) is 36.6 Å². The molecule has 0 aliphatic carbocycles. The molecule has 0 spiro atoms. The molecule has 1 atom stereocenters. The monoisotopic (exact) mass is 402 g/mol. The molecule has 27 heavy (non-hydrogen) atoms. The SMILES string of the molecule is CCN1C(=O)C(CC(=O)Nc2ccc(C(C)C)cc2)SC1=Nc1nccs1. The zero-order valence-electron chi connectivity index (χ0n) is 15.5. The number of carbonyl (C=O) groups excluding carboxylic acids is 2. The van der Waals surface area contributed by atoms with Crippen LogP contribution in [-0.4, -0.2) is 38.7 Å². The molecule has 1 aliphatic heterocycles. The van der Waals surface area contributed by atoms with Crippen molar-refractivity contribution in [2.24, 2.45) is 4.99 Å². The lowest BCUT2D eigenvalue weighted by molar-refractivity contribution is -0.128. The Hall–Kier alpha value is -2.19. The van der Waals surface area contributed by atoms with E-state index in [-0.39, 0.29) is 18.2 Å². The second-order valence-electron chi connectivity index (χ2n) is 6.43. The number of amidine groups is 1. The average Bonchev–Trinajstić information content (AvgIpc) is 3.24. The van der Waals surface area contributed by atoms with Crippen LogP contribution in [0, 0.1) is 0 Å². The molecule has 1 unspecified atom stereocenters. The van der Waals surface area contributed by atoms with Crippen molar-refractivity contribution in [3.63, 3.8) is 0 Å². The Kier molecular flexibility index (Phi) is 6.28. The number of anilines is 1. The van der Waals surface area contributed by atoms with Gasteiger partial charge in [0, 0.05) is 30.2 Å². The molecule has 1 aliphatic rings. The summed E-state index contributed by atoms with van der Waals surface area (Å²) in [4.78, 5) is 35.2. The van der Waals surface area contributed by atoms with Gasteiger partial charge in [0.2, 0.25) is 16.9 Å². The fourth-order valence-electron chi connectivity index (χ4n) is 2.70. The normalized spacial score (nSPS) is 18.5. The highest BCUT2D eigenvalue weighted by atomic mass is 32.2. The molecule has 2 aromatic rings. The molecule has 1 aromatic carbocycles. The van der Waals surface area contributed by atoms with Crippen molar-refractivity contribution < 1.29 is 9.59 Å². The smallest absolute Gasteiger partial charge is 0.242 e. The van der Waals surface area contributed by atoms with Crippen molar-refractivity contribution in [3.8, 4) is 0 Å². The minimum atomic E-state index is -0.460. The van der Waals surface area contributed by atoms with Crippen LogP contribution in [0.5, 0.6) is 0 Å². The van der Waals surface area contributed by atoms with Gasteiger partial charge in [0.05, 0.1) is 0 Å². The highest BCUT2D eigenvalue weighted by Crippen LogP contribution is 2.32. The molecule has 142 valence electrons. The summed E-state index contributed by atoms with van der Waals surface area (Å²) in [6, 6.07) is 7.80. The third-order valence-corrected chi connectivity index (χ3v) is 6.02. The van der Waals surface area contributed by atoms with E-state index in [0.29, 0.717) is 22.8 Å². The summed E-state index contributed by atoms with van der Waals surface area (Å²) in [5, 5.41) is 5.47. The number of rotatable bonds is 6. The van der Waals surface area contributed by atoms with E-state index < -0.39 is 5.25 Å². The van der Waals surface area contributed by atoms with Gasteiger partial charge in [-0.15, -0.1) is 11.3 Å². The number of thiazole rings is 1. The number of benzene rings is 1. The van der Waals surface area contributed by atoms with E-state index in [4.69, 9.17) is 0 Å². The first-order chi connectivity index (χ1) is 13.0. The number of aromatic nitrogens is 1. The van der Waals surface area contributed by atoms with E-state index >= 15 is 0 Å². The topological polar surface area (TPSA) is 74.7 Å². The standard InChI is InChI=1S/C19H22N4O2S2/c1-4-23-17(25)15(27-19(23)22-18-20-9-10-26-18)11-16(24)21-14-7-5-13(6-8-14)12(2)3/h5-10,12,15H,4,11H2,1-3H3,(H,21,24). The summed E-state index contributed by atoms with van der Waals surface area (Å²) in [5.41, 5.74) is 1.96. The van der Waals surface area contributed by atoms with Crippen molar-refractivity contribution in [2.45, 2.75) is 38.4 Å². The number of thioether (sulfide) groups is 1. The van der Waals surface area contributed by atoms with Crippen LogP contribution in [0.2, 0.25) is 0 Å². The maximum atomic E-state index is 12.6. The van der Waals surface area contributed by atoms with Crippen molar-refractivity contribution in [3.05, 3.63) is 41.4 Å².